The first kappa shape index (κ1) is 22.0. The van der Waals surface area contributed by atoms with Crippen molar-refractivity contribution in [1.82, 2.24) is 9.62 Å². The van der Waals surface area contributed by atoms with E-state index in [1.165, 1.54) is 4.90 Å². The average molecular weight is 467 g/mol. The molecule has 2 bridgehead atoms. The number of nitrogens with zero attached hydrogens (tertiary/aromatic N) is 1. The topological polar surface area (TPSA) is 92.8 Å². The first-order valence-corrected chi connectivity index (χ1v) is 12.5. The largest absolute Gasteiger partial charge is 0.361 e. The van der Waals surface area contributed by atoms with Crippen LogP contribution in [0, 0.1) is 32.6 Å². The molecule has 8 heteroatoms. The van der Waals surface area contributed by atoms with Crippen LogP contribution in [-0.2, 0) is 30.9 Å². The van der Waals surface area contributed by atoms with Crippen LogP contribution in [0.1, 0.15) is 22.3 Å². The quantitative estimate of drug-likeness (QED) is 0.521. The van der Waals surface area contributed by atoms with Gasteiger partial charge in [-0.1, -0.05) is 60.2 Å². The minimum Gasteiger partial charge on any atom is -0.361 e. The van der Waals surface area contributed by atoms with E-state index in [1.807, 2.05) is 49.4 Å². The fourth-order valence-electron chi connectivity index (χ4n) is 5.56. The van der Waals surface area contributed by atoms with Crippen molar-refractivity contribution in [3.63, 3.8) is 0 Å². The van der Waals surface area contributed by atoms with E-state index in [9.17, 15) is 18.0 Å². The highest BCUT2D eigenvalue weighted by Crippen LogP contribution is 2.51. The Morgan fingerprint density at radius 3 is 2.36 bits per heavy atom. The fourth-order valence-corrected chi connectivity index (χ4v) is 7.08. The lowest BCUT2D eigenvalue weighted by Crippen LogP contribution is -2.48. The van der Waals surface area contributed by atoms with Crippen molar-refractivity contribution in [2.24, 2.45) is 11.8 Å². The Balaban J connectivity index is 1.40. The van der Waals surface area contributed by atoms with Crippen molar-refractivity contribution >= 4 is 21.8 Å². The number of amides is 2. The van der Waals surface area contributed by atoms with Crippen molar-refractivity contribution in [2.45, 2.75) is 43.9 Å². The summed E-state index contributed by atoms with van der Waals surface area (Å²) in [5.74, 6) is -1.95. The van der Waals surface area contributed by atoms with Gasteiger partial charge in [0.15, 0.2) is 0 Å². The van der Waals surface area contributed by atoms with Crippen LogP contribution in [0.3, 0.4) is 0 Å². The molecule has 33 heavy (non-hydrogen) atoms. The number of ether oxygens (including phenoxy) is 1. The monoisotopic (exact) mass is 466 g/mol. The maximum Gasteiger partial charge on any atom is 0.241 e. The Morgan fingerprint density at radius 2 is 1.70 bits per heavy atom. The average Bonchev–Trinajstić information content (AvgIpc) is 3.39. The summed E-state index contributed by atoms with van der Waals surface area (Å²) in [4.78, 5) is 28.0. The first-order chi connectivity index (χ1) is 15.6. The zero-order valence-electron chi connectivity index (χ0n) is 18.7. The molecule has 4 atom stereocenters. The lowest BCUT2D eigenvalue weighted by Gasteiger charge is -2.29. The number of sulfonamides is 1. The number of fused-ring (bicyclic) bond motifs is 5. The molecule has 0 aliphatic carbocycles. The third-order valence-electron chi connectivity index (χ3n) is 6.84. The summed E-state index contributed by atoms with van der Waals surface area (Å²) >= 11 is 0. The number of carbonyl (C=O) groups is 2. The Labute approximate surface area is 193 Å². The molecule has 2 aromatic carbocycles. The van der Waals surface area contributed by atoms with Crippen molar-refractivity contribution in [3.05, 3.63) is 76.9 Å². The van der Waals surface area contributed by atoms with Crippen LogP contribution in [0.25, 0.3) is 0 Å². The molecule has 0 unspecified atom stereocenters. The minimum atomic E-state index is -3.85. The van der Waals surface area contributed by atoms with E-state index in [-0.39, 0.29) is 29.8 Å². The molecule has 2 saturated heterocycles. The number of nitrogens with one attached hydrogen (secondary N) is 1. The van der Waals surface area contributed by atoms with Crippen LogP contribution in [0.5, 0.6) is 0 Å². The first-order valence-electron chi connectivity index (χ1n) is 11.0. The third-order valence-corrected chi connectivity index (χ3v) is 8.55. The molecular formula is C25H26N2O5S. The molecular weight excluding hydrogens is 440 g/mol. The number of rotatable bonds is 6. The standard InChI is InChI=1S/C25H26N2O5S/c1-15-11-16(2)22(17(3)12-15)33(30,31)26-14-25-10-9-19(32-25)20-21(25)24(29)27(23(20)28)13-18-7-5-4-6-8-18/h4-12,19-21,26H,13-14H2,1-3H3/t19-,20+,21+,25-/m0/s1. The maximum atomic E-state index is 13.4. The summed E-state index contributed by atoms with van der Waals surface area (Å²) in [7, 11) is -3.85. The van der Waals surface area contributed by atoms with E-state index < -0.39 is 33.6 Å². The Kier molecular flexibility index (Phi) is 5.08. The Morgan fingerprint density at radius 1 is 1.03 bits per heavy atom. The second kappa shape index (κ2) is 7.62. The zero-order valence-corrected chi connectivity index (χ0v) is 19.6. The molecule has 0 spiro atoms. The van der Waals surface area contributed by atoms with E-state index in [0.717, 1.165) is 11.1 Å². The highest BCUT2D eigenvalue weighted by molar-refractivity contribution is 7.89. The van der Waals surface area contributed by atoms with Crippen LogP contribution in [0.15, 0.2) is 59.5 Å². The zero-order chi connectivity index (χ0) is 23.5. The van der Waals surface area contributed by atoms with Gasteiger partial charge in [-0.25, -0.2) is 13.1 Å². The summed E-state index contributed by atoms with van der Waals surface area (Å²) in [6.45, 7) is 5.53. The number of hydrogen-bond donors (Lipinski definition) is 1. The lowest BCUT2D eigenvalue weighted by atomic mass is 9.77. The van der Waals surface area contributed by atoms with Gasteiger partial charge in [-0.15, -0.1) is 0 Å². The van der Waals surface area contributed by atoms with Crippen molar-refractivity contribution in [1.29, 1.82) is 0 Å². The molecule has 2 amide bonds. The summed E-state index contributed by atoms with van der Waals surface area (Å²) < 4.78 is 35.1. The van der Waals surface area contributed by atoms with E-state index in [0.29, 0.717) is 11.1 Å². The van der Waals surface area contributed by atoms with Gasteiger partial charge in [0.25, 0.3) is 0 Å². The van der Waals surface area contributed by atoms with Crippen molar-refractivity contribution in [2.75, 3.05) is 6.54 Å². The van der Waals surface area contributed by atoms with Crippen LogP contribution >= 0.6 is 0 Å². The van der Waals surface area contributed by atoms with Gasteiger partial charge in [-0.05, 0) is 37.5 Å². The number of carbonyl (C=O) groups excluding carboxylic acids is 2. The molecule has 3 heterocycles. The van der Waals surface area contributed by atoms with E-state index >= 15 is 0 Å². The number of aryl methyl sites for hydroxylation is 3. The molecule has 0 radical (unpaired) electrons. The second-order valence-electron chi connectivity index (χ2n) is 9.20. The molecule has 172 valence electrons. The number of benzene rings is 2. The molecule has 3 aliphatic rings. The summed E-state index contributed by atoms with van der Waals surface area (Å²) in [6.07, 6.45) is 2.99. The molecule has 2 fully saturated rings. The number of imide groups is 1. The van der Waals surface area contributed by atoms with Gasteiger partial charge in [0, 0.05) is 6.54 Å². The van der Waals surface area contributed by atoms with Gasteiger partial charge in [0.05, 0.1) is 29.4 Å². The molecule has 7 nitrogen and oxygen atoms in total. The van der Waals surface area contributed by atoms with Crippen LogP contribution in [-0.4, -0.2) is 43.4 Å². The summed E-state index contributed by atoms with van der Waals surface area (Å²) in [6, 6.07) is 13.0. The van der Waals surface area contributed by atoms with Crippen LogP contribution in [0.2, 0.25) is 0 Å². The van der Waals surface area contributed by atoms with Gasteiger partial charge < -0.3 is 4.74 Å². The molecule has 1 N–H and O–H groups in total. The molecule has 3 aliphatic heterocycles. The van der Waals surface area contributed by atoms with Crippen molar-refractivity contribution in [3.8, 4) is 0 Å². The maximum absolute atomic E-state index is 13.4. The second-order valence-corrected chi connectivity index (χ2v) is 10.9. The van der Waals surface area contributed by atoms with Gasteiger partial charge >= 0.3 is 0 Å². The smallest absolute Gasteiger partial charge is 0.241 e. The van der Waals surface area contributed by atoms with E-state index in [2.05, 4.69) is 4.72 Å². The van der Waals surface area contributed by atoms with Crippen molar-refractivity contribution < 1.29 is 22.7 Å². The Bertz CT molecular complexity index is 1260. The summed E-state index contributed by atoms with van der Waals surface area (Å²) in [5, 5.41) is 0. The summed E-state index contributed by atoms with van der Waals surface area (Å²) in [5.41, 5.74) is 1.99. The molecule has 5 rings (SSSR count). The number of likely N-dealkylation sites (tertiary alicyclic amines) is 1. The van der Waals surface area contributed by atoms with Gasteiger partial charge in [0.1, 0.15) is 5.60 Å². The molecule has 0 saturated carbocycles. The highest BCUT2D eigenvalue weighted by atomic mass is 32.2. The molecule has 2 aromatic rings. The molecule has 0 aromatic heterocycles. The minimum absolute atomic E-state index is 0.117. The fraction of sp³-hybridized carbons (Fsp3) is 0.360. The Hall–Kier alpha value is -2.81. The van der Waals surface area contributed by atoms with E-state index in [4.69, 9.17) is 4.74 Å². The van der Waals surface area contributed by atoms with Crippen LogP contribution in [0.4, 0.5) is 0 Å². The van der Waals surface area contributed by atoms with Gasteiger partial charge in [0.2, 0.25) is 21.8 Å². The van der Waals surface area contributed by atoms with Crippen LogP contribution < -0.4 is 4.72 Å². The predicted molar refractivity (Wildman–Crippen MR) is 122 cm³/mol. The predicted octanol–water partition coefficient (Wildman–Crippen LogP) is 2.40. The number of hydrogen-bond acceptors (Lipinski definition) is 5. The lowest BCUT2D eigenvalue weighted by molar-refractivity contribution is -0.144. The van der Waals surface area contributed by atoms with E-state index in [1.54, 1.807) is 26.0 Å². The van der Waals surface area contributed by atoms with Gasteiger partial charge in [-0.2, -0.15) is 0 Å². The SMILES string of the molecule is Cc1cc(C)c(S(=O)(=O)NC[C@]23C=C[C@H](O2)[C@H]2C(=O)N(Cc4ccccc4)C(=O)[C@@H]23)c(C)c1. The third kappa shape index (κ3) is 3.44. The van der Waals surface area contributed by atoms with Gasteiger partial charge in [-0.3, -0.25) is 14.5 Å². The normalized spacial score (nSPS) is 28.1. The highest BCUT2D eigenvalue weighted by Gasteiger charge is 2.67.